The van der Waals surface area contributed by atoms with Crippen LogP contribution in [0.5, 0.6) is 5.75 Å². The van der Waals surface area contributed by atoms with Gasteiger partial charge in [0.25, 0.3) is 0 Å². The van der Waals surface area contributed by atoms with E-state index in [0.717, 1.165) is 5.56 Å². The third-order valence-electron chi connectivity index (χ3n) is 1.55. The van der Waals surface area contributed by atoms with Crippen molar-refractivity contribution in [2.75, 3.05) is 6.54 Å². The molecule has 1 aromatic carbocycles. The molecule has 0 fully saturated rings. The summed E-state index contributed by atoms with van der Waals surface area (Å²) in [6.07, 6.45) is 3.59. The smallest absolute Gasteiger partial charge is 0.387 e. The highest BCUT2D eigenvalue weighted by atomic mass is 19.3. The van der Waals surface area contributed by atoms with Crippen LogP contribution in [0.3, 0.4) is 0 Å². The Bertz CT molecular complexity index is 295. The Morgan fingerprint density at radius 3 is 2.43 bits per heavy atom. The molecule has 0 aliphatic rings. The zero-order valence-electron chi connectivity index (χ0n) is 7.49. The van der Waals surface area contributed by atoms with Crippen LogP contribution < -0.4 is 10.5 Å². The highest BCUT2D eigenvalue weighted by molar-refractivity contribution is 5.50. The van der Waals surface area contributed by atoms with Crippen molar-refractivity contribution in [1.29, 1.82) is 0 Å². The lowest BCUT2D eigenvalue weighted by Gasteiger charge is -2.03. The number of hydrogen-bond acceptors (Lipinski definition) is 2. The highest BCUT2D eigenvalue weighted by Gasteiger charge is 2.02. The van der Waals surface area contributed by atoms with Gasteiger partial charge in [-0.05, 0) is 17.7 Å². The van der Waals surface area contributed by atoms with Gasteiger partial charge in [0.1, 0.15) is 5.75 Å². The molecule has 1 rings (SSSR count). The Morgan fingerprint density at radius 1 is 1.29 bits per heavy atom. The van der Waals surface area contributed by atoms with Gasteiger partial charge in [-0.25, -0.2) is 0 Å². The van der Waals surface area contributed by atoms with Crippen LogP contribution in [0.1, 0.15) is 5.56 Å². The number of nitrogens with two attached hydrogens (primary N) is 1. The first-order chi connectivity index (χ1) is 6.72. The average Bonchev–Trinajstić information content (AvgIpc) is 2.16. The maximum absolute atomic E-state index is 11.8. The minimum atomic E-state index is -2.78. The first-order valence-corrected chi connectivity index (χ1v) is 4.14. The first kappa shape index (κ1) is 10.7. The molecule has 76 valence electrons. The molecule has 0 atom stereocenters. The lowest BCUT2D eigenvalue weighted by atomic mass is 10.2. The monoisotopic (exact) mass is 199 g/mol. The molecule has 0 heterocycles. The van der Waals surface area contributed by atoms with E-state index in [1.165, 1.54) is 12.1 Å². The van der Waals surface area contributed by atoms with E-state index >= 15 is 0 Å². The third kappa shape index (κ3) is 3.53. The van der Waals surface area contributed by atoms with E-state index in [-0.39, 0.29) is 5.75 Å². The predicted octanol–water partition coefficient (Wildman–Crippen LogP) is 2.26. The van der Waals surface area contributed by atoms with Gasteiger partial charge >= 0.3 is 6.61 Å². The fourth-order valence-corrected chi connectivity index (χ4v) is 0.964. The molecular weight excluding hydrogens is 188 g/mol. The van der Waals surface area contributed by atoms with E-state index < -0.39 is 6.61 Å². The van der Waals surface area contributed by atoms with Crippen LogP contribution in [0.25, 0.3) is 6.08 Å². The topological polar surface area (TPSA) is 35.2 Å². The Kier molecular flexibility index (Phi) is 4.07. The van der Waals surface area contributed by atoms with Crippen LogP contribution in [-0.2, 0) is 0 Å². The summed E-state index contributed by atoms with van der Waals surface area (Å²) in [5.41, 5.74) is 6.16. The molecule has 0 unspecified atom stereocenters. The van der Waals surface area contributed by atoms with Gasteiger partial charge in [0.2, 0.25) is 0 Å². The molecule has 0 spiro atoms. The Balaban J connectivity index is 2.64. The number of benzene rings is 1. The number of rotatable bonds is 4. The fraction of sp³-hybridized carbons (Fsp3) is 0.200. The Hall–Kier alpha value is -1.42. The van der Waals surface area contributed by atoms with E-state index in [4.69, 9.17) is 5.73 Å². The summed E-state index contributed by atoms with van der Waals surface area (Å²) in [4.78, 5) is 0. The third-order valence-corrected chi connectivity index (χ3v) is 1.55. The number of halogens is 2. The zero-order chi connectivity index (χ0) is 10.4. The van der Waals surface area contributed by atoms with Gasteiger partial charge in [0, 0.05) is 6.54 Å². The van der Waals surface area contributed by atoms with E-state index in [1.54, 1.807) is 18.2 Å². The second kappa shape index (κ2) is 5.34. The summed E-state index contributed by atoms with van der Waals surface area (Å²) >= 11 is 0. The average molecular weight is 199 g/mol. The maximum Gasteiger partial charge on any atom is 0.387 e. The summed E-state index contributed by atoms with van der Waals surface area (Å²) in [6, 6.07) is 6.35. The van der Waals surface area contributed by atoms with Gasteiger partial charge in [-0.1, -0.05) is 24.3 Å². The van der Waals surface area contributed by atoms with Gasteiger partial charge < -0.3 is 10.5 Å². The largest absolute Gasteiger partial charge is 0.435 e. The van der Waals surface area contributed by atoms with Crippen LogP contribution in [0.15, 0.2) is 30.3 Å². The number of ether oxygens (including phenoxy) is 1. The maximum atomic E-state index is 11.8. The summed E-state index contributed by atoms with van der Waals surface area (Å²) in [6.45, 7) is -2.32. The van der Waals surface area contributed by atoms with Crippen molar-refractivity contribution in [3.8, 4) is 5.75 Å². The minimum Gasteiger partial charge on any atom is -0.435 e. The fourth-order valence-electron chi connectivity index (χ4n) is 0.964. The van der Waals surface area contributed by atoms with Crippen molar-refractivity contribution in [2.24, 2.45) is 5.73 Å². The highest BCUT2D eigenvalue weighted by Crippen LogP contribution is 2.15. The Labute approximate surface area is 81.0 Å². The molecule has 0 aliphatic heterocycles. The van der Waals surface area contributed by atoms with Crippen LogP contribution in [0.2, 0.25) is 0 Å². The molecule has 1 aromatic rings. The minimum absolute atomic E-state index is 0.157. The molecule has 0 radical (unpaired) electrons. The second-order valence-corrected chi connectivity index (χ2v) is 2.59. The number of alkyl halides is 2. The standard InChI is InChI=1S/C10H11F2NO/c11-10(12)14-9-5-3-8(4-6-9)2-1-7-13/h1-6,10H,7,13H2. The first-order valence-electron chi connectivity index (χ1n) is 4.14. The molecular formula is C10H11F2NO. The van der Waals surface area contributed by atoms with E-state index in [1.807, 2.05) is 6.08 Å². The summed E-state index contributed by atoms with van der Waals surface area (Å²) < 4.78 is 27.7. The molecule has 4 heteroatoms. The summed E-state index contributed by atoms with van der Waals surface area (Å²) in [5, 5.41) is 0. The van der Waals surface area contributed by atoms with Gasteiger partial charge in [-0.3, -0.25) is 0 Å². The van der Waals surface area contributed by atoms with Gasteiger partial charge in [-0.15, -0.1) is 0 Å². The van der Waals surface area contributed by atoms with Gasteiger partial charge in [0.15, 0.2) is 0 Å². The second-order valence-electron chi connectivity index (χ2n) is 2.59. The molecule has 0 aromatic heterocycles. The van der Waals surface area contributed by atoms with Gasteiger partial charge in [-0.2, -0.15) is 8.78 Å². The van der Waals surface area contributed by atoms with Crippen molar-refractivity contribution >= 4 is 6.08 Å². The molecule has 0 saturated carbocycles. The zero-order valence-corrected chi connectivity index (χ0v) is 7.49. The van der Waals surface area contributed by atoms with Crippen molar-refractivity contribution < 1.29 is 13.5 Å². The molecule has 2 nitrogen and oxygen atoms in total. The number of hydrogen-bond donors (Lipinski definition) is 1. The molecule has 0 aliphatic carbocycles. The van der Waals surface area contributed by atoms with E-state index in [9.17, 15) is 8.78 Å². The van der Waals surface area contributed by atoms with E-state index in [0.29, 0.717) is 6.54 Å². The van der Waals surface area contributed by atoms with Crippen LogP contribution in [-0.4, -0.2) is 13.2 Å². The molecule has 0 amide bonds. The van der Waals surface area contributed by atoms with Crippen LogP contribution >= 0.6 is 0 Å². The van der Waals surface area contributed by atoms with Crippen molar-refractivity contribution in [3.63, 3.8) is 0 Å². The van der Waals surface area contributed by atoms with Gasteiger partial charge in [0.05, 0.1) is 0 Å². The lowest BCUT2D eigenvalue weighted by molar-refractivity contribution is -0.0498. The SMILES string of the molecule is NCC=Cc1ccc(OC(F)F)cc1. The summed E-state index contributed by atoms with van der Waals surface area (Å²) in [7, 11) is 0. The summed E-state index contributed by atoms with van der Waals surface area (Å²) in [5.74, 6) is 0.157. The van der Waals surface area contributed by atoms with Crippen LogP contribution in [0, 0.1) is 0 Å². The van der Waals surface area contributed by atoms with E-state index in [2.05, 4.69) is 4.74 Å². The van der Waals surface area contributed by atoms with Crippen molar-refractivity contribution in [1.82, 2.24) is 0 Å². The predicted molar refractivity (Wildman–Crippen MR) is 51.2 cm³/mol. The van der Waals surface area contributed by atoms with Crippen molar-refractivity contribution in [3.05, 3.63) is 35.9 Å². The molecule has 0 bridgehead atoms. The quantitative estimate of drug-likeness (QED) is 0.807. The van der Waals surface area contributed by atoms with Crippen LogP contribution in [0.4, 0.5) is 8.78 Å². The lowest BCUT2D eigenvalue weighted by Crippen LogP contribution is -2.01. The molecule has 0 saturated heterocycles. The van der Waals surface area contributed by atoms with Crippen molar-refractivity contribution in [2.45, 2.75) is 6.61 Å². The normalized spacial score (nSPS) is 11.1. The molecule has 2 N–H and O–H groups in total. The Morgan fingerprint density at radius 2 is 1.93 bits per heavy atom. The molecule has 14 heavy (non-hydrogen) atoms.